The van der Waals surface area contributed by atoms with Gasteiger partial charge in [0.1, 0.15) is 11.2 Å². The molecule has 11 aromatic rings. The monoisotopic (exact) mass is 675 g/mol. The summed E-state index contributed by atoms with van der Waals surface area (Å²) in [6.07, 6.45) is 0. The largest absolute Gasteiger partial charge is 0.456 e. The summed E-state index contributed by atoms with van der Waals surface area (Å²) in [6.45, 7) is 4.71. The van der Waals surface area contributed by atoms with Crippen molar-refractivity contribution in [3.8, 4) is 27.9 Å². The highest BCUT2D eigenvalue weighted by Crippen LogP contribution is 2.54. The van der Waals surface area contributed by atoms with Crippen molar-refractivity contribution in [3.05, 3.63) is 175 Å². The summed E-state index contributed by atoms with van der Waals surface area (Å²) in [5.74, 6) is 0. The predicted molar refractivity (Wildman–Crippen MR) is 224 cm³/mol. The van der Waals surface area contributed by atoms with Crippen molar-refractivity contribution >= 4 is 76.1 Å². The van der Waals surface area contributed by atoms with Gasteiger partial charge in [0.05, 0.1) is 11.0 Å². The highest BCUT2D eigenvalue weighted by Gasteiger charge is 2.38. The van der Waals surface area contributed by atoms with Gasteiger partial charge in [-0.2, -0.15) is 0 Å². The van der Waals surface area contributed by atoms with Crippen molar-refractivity contribution in [1.82, 2.24) is 4.57 Å². The maximum atomic E-state index is 6.40. The minimum Gasteiger partial charge on any atom is -0.456 e. The number of hydrogen-bond acceptors (Lipinski definition) is 1. The molecule has 0 amide bonds. The fraction of sp³-hybridized carbons (Fsp3) is 0.0588. The van der Waals surface area contributed by atoms with Crippen LogP contribution in [-0.4, -0.2) is 4.57 Å². The molecule has 0 radical (unpaired) electrons. The molecule has 2 aromatic heterocycles. The van der Waals surface area contributed by atoms with Crippen molar-refractivity contribution in [3.63, 3.8) is 0 Å². The molecule has 9 aromatic carbocycles. The van der Waals surface area contributed by atoms with Crippen LogP contribution in [0.2, 0.25) is 0 Å². The molecule has 2 nitrogen and oxygen atoms in total. The fourth-order valence-electron chi connectivity index (χ4n) is 9.65. The molecule has 0 saturated carbocycles. The lowest BCUT2D eigenvalue weighted by atomic mass is 9.82. The predicted octanol–water partition coefficient (Wildman–Crippen LogP) is 14.1. The Morgan fingerprint density at radius 3 is 1.74 bits per heavy atom. The van der Waals surface area contributed by atoms with E-state index in [1.54, 1.807) is 0 Å². The van der Waals surface area contributed by atoms with Gasteiger partial charge in [0.15, 0.2) is 0 Å². The van der Waals surface area contributed by atoms with Crippen LogP contribution in [0.4, 0.5) is 0 Å². The van der Waals surface area contributed by atoms with Crippen LogP contribution >= 0.6 is 0 Å². The second kappa shape index (κ2) is 10.2. The minimum atomic E-state index is -0.178. The van der Waals surface area contributed by atoms with Gasteiger partial charge in [-0.3, -0.25) is 0 Å². The first-order valence-corrected chi connectivity index (χ1v) is 18.5. The second-order valence-electron chi connectivity index (χ2n) is 15.3. The fourth-order valence-corrected chi connectivity index (χ4v) is 9.65. The van der Waals surface area contributed by atoms with Gasteiger partial charge in [-0.25, -0.2) is 0 Å². The number of furan rings is 1. The first-order valence-electron chi connectivity index (χ1n) is 18.5. The summed E-state index contributed by atoms with van der Waals surface area (Å²) < 4.78 is 8.90. The first-order chi connectivity index (χ1) is 26.0. The Morgan fingerprint density at radius 1 is 0.415 bits per heavy atom. The van der Waals surface area contributed by atoms with Crippen LogP contribution in [0.3, 0.4) is 0 Å². The quantitative estimate of drug-likeness (QED) is 0.167. The molecular formula is C51H33NO. The zero-order valence-corrected chi connectivity index (χ0v) is 29.4. The minimum absolute atomic E-state index is 0.178. The summed E-state index contributed by atoms with van der Waals surface area (Å²) >= 11 is 0. The molecule has 0 saturated heterocycles. The molecule has 12 rings (SSSR count). The van der Waals surface area contributed by atoms with E-state index in [0.717, 1.165) is 22.2 Å². The normalized spacial score (nSPS) is 13.6. The summed E-state index contributed by atoms with van der Waals surface area (Å²) in [7, 11) is 0. The van der Waals surface area contributed by atoms with E-state index in [0.29, 0.717) is 0 Å². The third kappa shape index (κ3) is 3.82. The summed E-state index contributed by atoms with van der Waals surface area (Å²) in [5, 5.41) is 12.7. The topological polar surface area (TPSA) is 18.1 Å². The van der Waals surface area contributed by atoms with Crippen LogP contribution in [0, 0.1) is 0 Å². The molecule has 0 unspecified atom stereocenters. The summed E-state index contributed by atoms with van der Waals surface area (Å²) in [5.41, 5.74) is 13.1. The zero-order valence-electron chi connectivity index (χ0n) is 29.4. The van der Waals surface area contributed by atoms with E-state index in [4.69, 9.17) is 4.42 Å². The standard InChI is InChI=1S/C51H33NO/c1-51(2)44-26-25-40-38-15-7-9-17-46(38)52(50(40)49(44)43-28-42-39-16-8-10-18-47(39)53-48(42)29-45(43)51)32-22-19-30(20-23-32)31-21-24-37-35-13-4-3-11-33(35)34-12-5-6-14-36(34)41(37)27-31/h3-29H,1-2H3. The van der Waals surface area contributed by atoms with Crippen LogP contribution in [0.5, 0.6) is 0 Å². The maximum Gasteiger partial charge on any atom is 0.135 e. The van der Waals surface area contributed by atoms with Gasteiger partial charge in [-0.15, -0.1) is 0 Å². The van der Waals surface area contributed by atoms with E-state index in [1.807, 2.05) is 0 Å². The van der Waals surface area contributed by atoms with E-state index < -0.39 is 0 Å². The Bertz CT molecular complexity index is 3320. The maximum absolute atomic E-state index is 6.40. The molecule has 53 heavy (non-hydrogen) atoms. The molecule has 0 aliphatic heterocycles. The van der Waals surface area contributed by atoms with Gasteiger partial charge in [0, 0.05) is 38.2 Å². The molecule has 0 bridgehead atoms. The van der Waals surface area contributed by atoms with E-state index in [1.165, 1.54) is 92.9 Å². The summed E-state index contributed by atoms with van der Waals surface area (Å²) in [4.78, 5) is 0. The average Bonchev–Trinajstić information content (AvgIpc) is 3.82. The van der Waals surface area contributed by atoms with Crippen molar-refractivity contribution in [2.24, 2.45) is 0 Å². The van der Waals surface area contributed by atoms with Gasteiger partial charge in [-0.05, 0) is 103 Å². The van der Waals surface area contributed by atoms with Crippen LogP contribution in [0.25, 0.3) is 104 Å². The number of rotatable bonds is 2. The van der Waals surface area contributed by atoms with Gasteiger partial charge in [0.2, 0.25) is 0 Å². The molecule has 248 valence electrons. The van der Waals surface area contributed by atoms with Gasteiger partial charge < -0.3 is 8.98 Å². The first kappa shape index (κ1) is 29.0. The molecule has 0 spiro atoms. The molecular weight excluding hydrogens is 643 g/mol. The third-order valence-corrected chi connectivity index (χ3v) is 12.2. The Labute approximate surface area is 306 Å². The number of hydrogen-bond donors (Lipinski definition) is 0. The lowest BCUT2D eigenvalue weighted by molar-refractivity contribution is 0.647. The average molecular weight is 676 g/mol. The number of aromatic nitrogens is 1. The Kier molecular flexibility index (Phi) is 5.60. The van der Waals surface area contributed by atoms with E-state index >= 15 is 0 Å². The molecule has 1 aliphatic rings. The third-order valence-electron chi connectivity index (χ3n) is 12.2. The SMILES string of the molecule is CC1(C)c2cc3oc4ccccc4c3cc2-c2c1ccc1c3ccccc3n(-c3ccc(-c4ccc5c6ccccc6c6ccccc6c5c4)cc3)c21. The lowest BCUT2D eigenvalue weighted by Gasteiger charge is -2.21. The molecule has 2 heteroatoms. The van der Waals surface area contributed by atoms with Crippen LogP contribution in [-0.2, 0) is 5.41 Å². The van der Waals surface area contributed by atoms with E-state index in [2.05, 4.69) is 182 Å². The Hall–Kier alpha value is -6.64. The number of nitrogens with zero attached hydrogens (tertiary/aromatic N) is 1. The lowest BCUT2D eigenvalue weighted by Crippen LogP contribution is -2.14. The van der Waals surface area contributed by atoms with Gasteiger partial charge >= 0.3 is 0 Å². The van der Waals surface area contributed by atoms with Gasteiger partial charge in [-0.1, -0.05) is 135 Å². The Balaban J connectivity index is 1.08. The van der Waals surface area contributed by atoms with Crippen LogP contribution in [0.15, 0.2) is 168 Å². The molecule has 0 atom stereocenters. The van der Waals surface area contributed by atoms with E-state index in [-0.39, 0.29) is 5.41 Å². The van der Waals surface area contributed by atoms with Crippen molar-refractivity contribution in [2.75, 3.05) is 0 Å². The highest BCUT2D eigenvalue weighted by atomic mass is 16.3. The smallest absolute Gasteiger partial charge is 0.135 e. The van der Waals surface area contributed by atoms with Crippen molar-refractivity contribution in [2.45, 2.75) is 19.3 Å². The summed E-state index contributed by atoms with van der Waals surface area (Å²) in [6, 6.07) is 60.4. The van der Waals surface area contributed by atoms with Crippen LogP contribution in [0.1, 0.15) is 25.0 Å². The number of para-hydroxylation sites is 2. The van der Waals surface area contributed by atoms with Crippen molar-refractivity contribution < 1.29 is 4.42 Å². The zero-order chi connectivity index (χ0) is 35.0. The van der Waals surface area contributed by atoms with E-state index in [9.17, 15) is 0 Å². The van der Waals surface area contributed by atoms with Gasteiger partial charge in [0.25, 0.3) is 0 Å². The highest BCUT2D eigenvalue weighted by molar-refractivity contribution is 6.26. The van der Waals surface area contributed by atoms with Crippen molar-refractivity contribution in [1.29, 1.82) is 0 Å². The Morgan fingerprint density at radius 2 is 1.00 bits per heavy atom. The molecule has 0 fully saturated rings. The molecule has 0 N–H and O–H groups in total. The van der Waals surface area contributed by atoms with Crippen LogP contribution < -0.4 is 0 Å². The number of benzene rings is 9. The molecule has 2 heterocycles. The second-order valence-corrected chi connectivity index (χ2v) is 15.3. The number of fused-ring (bicyclic) bond motifs is 16. The molecule has 1 aliphatic carbocycles.